The second-order valence-corrected chi connectivity index (χ2v) is 5.87. The van der Waals surface area contributed by atoms with Crippen molar-refractivity contribution in [2.75, 3.05) is 0 Å². The highest BCUT2D eigenvalue weighted by Gasteiger charge is 2.42. The molecule has 108 valence electrons. The average molecular weight is 338 g/mol. The number of benzene rings is 1. The van der Waals surface area contributed by atoms with Crippen molar-refractivity contribution in [2.45, 2.75) is 31.5 Å². The molecule has 2 N–H and O–H groups in total. The zero-order valence-corrected chi connectivity index (χ0v) is 12.6. The molecule has 0 bridgehead atoms. The van der Waals surface area contributed by atoms with Crippen LogP contribution in [0.3, 0.4) is 0 Å². The van der Waals surface area contributed by atoms with Crippen LogP contribution in [0.15, 0.2) is 12.1 Å². The van der Waals surface area contributed by atoms with Gasteiger partial charge in [-0.3, -0.25) is 4.57 Å². The highest BCUT2D eigenvalue weighted by Crippen LogP contribution is 2.36. The number of halogens is 3. The number of aliphatic hydroxyl groups is 2. The van der Waals surface area contributed by atoms with Crippen LogP contribution in [0.4, 0.5) is 0 Å². The van der Waals surface area contributed by atoms with Crippen LogP contribution in [0.2, 0.25) is 15.3 Å². The first kappa shape index (κ1) is 14.4. The summed E-state index contributed by atoms with van der Waals surface area (Å²) >= 11 is 18.0. The summed E-state index contributed by atoms with van der Waals surface area (Å²) in [6, 6.07) is 3.19. The van der Waals surface area contributed by atoms with E-state index in [2.05, 4.69) is 4.98 Å². The third-order valence-corrected chi connectivity index (χ3v) is 4.41. The van der Waals surface area contributed by atoms with Crippen molar-refractivity contribution in [3.63, 3.8) is 0 Å². The molecule has 8 heteroatoms. The van der Waals surface area contributed by atoms with Crippen LogP contribution in [0.5, 0.6) is 0 Å². The Hall–Kier alpha value is -0.560. The van der Waals surface area contributed by atoms with E-state index in [1.807, 2.05) is 0 Å². The van der Waals surface area contributed by atoms with Crippen molar-refractivity contribution in [1.82, 2.24) is 9.55 Å². The first-order valence-electron chi connectivity index (χ1n) is 5.94. The molecule has 1 aromatic heterocycles. The normalized spacial score (nSPS) is 30.3. The van der Waals surface area contributed by atoms with Gasteiger partial charge in [-0.05, 0) is 30.7 Å². The lowest BCUT2D eigenvalue weighted by Crippen LogP contribution is -2.30. The Labute approximate surface area is 129 Å². The van der Waals surface area contributed by atoms with E-state index in [1.54, 1.807) is 19.1 Å². The zero-order valence-electron chi connectivity index (χ0n) is 10.3. The Morgan fingerprint density at radius 1 is 1.15 bits per heavy atom. The zero-order chi connectivity index (χ0) is 14.6. The number of ether oxygens (including phenoxy) is 1. The lowest BCUT2D eigenvalue weighted by molar-refractivity contribution is -0.0294. The topological polar surface area (TPSA) is 67.5 Å². The maximum Gasteiger partial charge on any atom is 0.206 e. The van der Waals surface area contributed by atoms with Gasteiger partial charge in [0.25, 0.3) is 0 Å². The van der Waals surface area contributed by atoms with Gasteiger partial charge in [-0.15, -0.1) is 0 Å². The van der Waals surface area contributed by atoms with E-state index in [0.717, 1.165) is 0 Å². The van der Waals surface area contributed by atoms with Crippen LogP contribution >= 0.6 is 34.8 Å². The molecule has 2 heterocycles. The quantitative estimate of drug-likeness (QED) is 0.839. The van der Waals surface area contributed by atoms with Gasteiger partial charge in [-0.25, -0.2) is 4.98 Å². The van der Waals surface area contributed by atoms with Crippen molar-refractivity contribution in [3.8, 4) is 0 Å². The first-order valence-corrected chi connectivity index (χ1v) is 7.07. The Morgan fingerprint density at radius 3 is 2.40 bits per heavy atom. The molecule has 20 heavy (non-hydrogen) atoms. The molecule has 1 aromatic carbocycles. The van der Waals surface area contributed by atoms with Crippen molar-refractivity contribution in [2.24, 2.45) is 0 Å². The van der Waals surface area contributed by atoms with E-state index in [9.17, 15) is 10.2 Å². The Bertz CT molecular complexity index is 676. The van der Waals surface area contributed by atoms with Crippen LogP contribution in [-0.2, 0) is 4.74 Å². The van der Waals surface area contributed by atoms with Crippen LogP contribution in [0.25, 0.3) is 11.0 Å². The van der Waals surface area contributed by atoms with E-state index >= 15 is 0 Å². The predicted molar refractivity (Wildman–Crippen MR) is 76.4 cm³/mol. The first-order chi connectivity index (χ1) is 9.40. The molecular weight excluding hydrogens is 327 g/mol. The van der Waals surface area contributed by atoms with Gasteiger partial charge in [0.05, 0.1) is 27.2 Å². The summed E-state index contributed by atoms with van der Waals surface area (Å²) in [5.41, 5.74) is 1.11. The highest BCUT2D eigenvalue weighted by molar-refractivity contribution is 6.42. The number of hydrogen-bond donors (Lipinski definition) is 2. The molecule has 1 fully saturated rings. The van der Waals surface area contributed by atoms with Gasteiger partial charge in [0.15, 0.2) is 6.23 Å². The van der Waals surface area contributed by atoms with Crippen LogP contribution in [0.1, 0.15) is 13.2 Å². The molecule has 1 aliphatic rings. The van der Waals surface area contributed by atoms with Crippen molar-refractivity contribution in [3.05, 3.63) is 27.5 Å². The fourth-order valence-corrected chi connectivity index (χ4v) is 2.94. The summed E-state index contributed by atoms with van der Waals surface area (Å²) in [4.78, 5) is 4.16. The lowest BCUT2D eigenvalue weighted by atomic mass is 10.1. The molecule has 2 aromatic rings. The van der Waals surface area contributed by atoms with E-state index in [0.29, 0.717) is 21.1 Å². The third kappa shape index (κ3) is 2.09. The number of aromatic nitrogens is 2. The minimum Gasteiger partial charge on any atom is -0.388 e. The van der Waals surface area contributed by atoms with Gasteiger partial charge >= 0.3 is 0 Å². The molecule has 0 spiro atoms. The molecule has 4 atom stereocenters. The van der Waals surface area contributed by atoms with E-state index in [1.165, 1.54) is 4.57 Å². The molecule has 0 saturated carbocycles. The number of aliphatic hydroxyl groups excluding tert-OH is 2. The molecule has 3 rings (SSSR count). The van der Waals surface area contributed by atoms with Gasteiger partial charge in [0.2, 0.25) is 5.28 Å². The smallest absolute Gasteiger partial charge is 0.206 e. The van der Waals surface area contributed by atoms with E-state index in [4.69, 9.17) is 39.5 Å². The van der Waals surface area contributed by atoms with Gasteiger partial charge in [0.1, 0.15) is 12.2 Å². The molecular formula is C12H11Cl3N2O3. The molecule has 0 aliphatic carbocycles. The number of fused-ring (bicyclic) bond motifs is 1. The van der Waals surface area contributed by atoms with Gasteiger partial charge in [-0.1, -0.05) is 23.2 Å². The Kier molecular flexibility index (Phi) is 3.61. The number of nitrogens with zero attached hydrogens (tertiary/aromatic N) is 2. The van der Waals surface area contributed by atoms with Crippen LogP contribution < -0.4 is 0 Å². The summed E-state index contributed by atoms with van der Waals surface area (Å²) in [6.45, 7) is 1.67. The molecule has 5 nitrogen and oxygen atoms in total. The minimum atomic E-state index is -1.10. The average Bonchev–Trinajstić information content (AvgIpc) is 2.81. The number of imidazole rings is 1. The van der Waals surface area contributed by atoms with Crippen LogP contribution in [0, 0.1) is 0 Å². The number of rotatable bonds is 1. The molecule has 0 amide bonds. The highest BCUT2D eigenvalue weighted by atomic mass is 35.5. The third-order valence-electron chi connectivity index (χ3n) is 3.42. The predicted octanol–water partition coefficient (Wildman–Crippen LogP) is 2.64. The summed E-state index contributed by atoms with van der Waals surface area (Å²) in [5.74, 6) is 0. The largest absolute Gasteiger partial charge is 0.388 e. The summed E-state index contributed by atoms with van der Waals surface area (Å²) in [7, 11) is 0. The monoisotopic (exact) mass is 336 g/mol. The summed E-state index contributed by atoms with van der Waals surface area (Å²) in [5, 5.41) is 20.7. The fourth-order valence-electron chi connectivity index (χ4n) is 2.34. The van der Waals surface area contributed by atoms with Crippen molar-refractivity contribution >= 4 is 45.8 Å². The van der Waals surface area contributed by atoms with Gasteiger partial charge < -0.3 is 14.9 Å². The minimum absolute atomic E-state index is 0.128. The second-order valence-electron chi connectivity index (χ2n) is 4.72. The summed E-state index contributed by atoms with van der Waals surface area (Å²) in [6.07, 6.45) is -3.42. The lowest BCUT2D eigenvalue weighted by Gasteiger charge is -2.18. The van der Waals surface area contributed by atoms with Crippen LogP contribution in [-0.4, -0.2) is 38.1 Å². The van der Waals surface area contributed by atoms with E-state index in [-0.39, 0.29) is 5.28 Å². The Morgan fingerprint density at radius 2 is 1.80 bits per heavy atom. The standard InChI is InChI=1S/C12H11Cl3N2O3/c1-4-9(18)10(19)11(20-4)17-8-3-6(14)5(13)2-7(8)16-12(17)15/h2-4,9-11,18-19H,1H3/t4-,9?,10-,11-/m1/s1. The molecule has 1 unspecified atom stereocenters. The van der Waals surface area contributed by atoms with Gasteiger partial charge in [-0.2, -0.15) is 0 Å². The number of hydrogen-bond acceptors (Lipinski definition) is 4. The summed E-state index contributed by atoms with van der Waals surface area (Å²) < 4.78 is 7.05. The Balaban J connectivity index is 2.17. The fraction of sp³-hybridized carbons (Fsp3) is 0.417. The second kappa shape index (κ2) is 5.02. The maximum absolute atomic E-state index is 10.1. The van der Waals surface area contributed by atoms with Crippen molar-refractivity contribution < 1.29 is 14.9 Å². The molecule has 1 aliphatic heterocycles. The molecule has 1 saturated heterocycles. The SMILES string of the molecule is C[C@H]1O[C@@H](n2c(Cl)nc3cc(Cl)c(Cl)cc32)[C@H](O)C1O. The van der Waals surface area contributed by atoms with Crippen molar-refractivity contribution in [1.29, 1.82) is 0 Å². The van der Waals surface area contributed by atoms with E-state index < -0.39 is 24.5 Å². The van der Waals surface area contributed by atoms with Gasteiger partial charge in [0, 0.05) is 0 Å². The molecule has 0 radical (unpaired) electrons. The maximum atomic E-state index is 10.1.